The SMILES string of the molecule is CCc1nn2c(ncc3c(=O)n([C@H](CS)C(=O)O)ccc32)c1-c1ccc(Cl)cc1. The third-order valence-electron chi connectivity index (χ3n) is 4.87. The number of halogens is 1. The first-order valence-corrected chi connectivity index (χ1v) is 9.98. The summed E-state index contributed by atoms with van der Waals surface area (Å²) in [5.41, 5.74) is 3.40. The molecule has 29 heavy (non-hydrogen) atoms. The van der Waals surface area contributed by atoms with Crippen molar-refractivity contribution in [2.75, 3.05) is 5.75 Å². The van der Waals surface area contributed by atoms with Crippen LogP contribution in [-0.4, -0.2) is 36.0 Å². The van der Waals surface area contributed by atoms with Crippen molar-refractivity contribution in [3.63, 3.8) is 0 Å². The van der Waals surface area contributed by atoms with Crippen LogP contribution in [0.2, 0.25) is 5.02 Å². The normalized spacial score (nSPS) is 12.5. The molecule has 0 bridgehead atoms. The Kier molecular flexibility index (Phi) is 5.06. The van der Waals surface area contributed by atoms with E-state index in [0.717, 1.165) is 21.4 Å². The van der Waals surface area contributed by atoms with Gasteiger partial charge in [-0.25, -0.2) is 14.3 Å². The number of thiol groups is 1. The van der Waals surface area contributed by atoms with Crippen molar-refractivity contribution in [1.29, 1.82) is 0 Å². The molecular weight excluding hydrogens is 412 g/mol. The molecule has 4 aromatic rings. The maximum Gasteiger partial charge on any atom is 0.327 e. The Balaban J connectivity index is 2.00. The zero-order valence-electron chi connectivity index (χ0n) is 15.4. The standard InChI is InChI=1S/C20H17ClN4O3S/c1-2-14-17(11-3-5-12(21)6-4-11)18-22-9-13-15(25(18)23-14)7-8-24(19(13)26)16(10-29)20(27)28/h3-9,16,29H,2,10H2,1H3,(H,27,28)/t16-/m1/s1. The lowest BCUT2D eigenvalue weighted by Gasteiger charge is -2.14. The smallest absolute Gasteiger partial charge is 0.327 e. The Morgan fingerprint density at radius 1 is 1.28 bits per heavy atom. The lowest BCUT2D eigenvalue weighted by molar-refractivity contribution is -0.140. The van der Waals surface area contributed by atoms with Crippen LogP contribution in [0.25, 0.3) is 27.7 Å². The molecule has 1 aromatic carbocycles. The molecule has 0 saturated carbocycles. The Morgan fingerprint density at radius 2 is 2.00 bits per heavy atom. The van der Waals surface area contributed by atoms with Crippen molar-refractivity contribution >= 4 is 46.7 Å². The van der Waals surface area contributed by atoms with Gasteiger partial charge in [0, 0.05) is 28.7 Å². The summed E-state index contributed by atoms with van der Waals surface area (Å²) in [5, 5.41) is 15.0. The number of carboxylic acids is 1. The number of carbonyl (C=O) groups is 1. The van der Waals surface area contributed by atoms with Gasteiger partial charge in [0.15, 0.2) is 5.65 Å². The Morgan fingerprint density at radius 3 is 2.62 bits per heavy atom. The minimum Gasteiger partial charge on any atom is -0.480 e. The monoisotopic (exact) mass is 428 g/mol. The summed E-state index contributed by atoms with van der Waals surface area (Å²) in [7, 11) is 0. The van der Waals surface area contributed by atoms with Crippen LogP contribution in [-0.2, 0) is 11.2 Å². The van der Waals surface area contributed by atoms with Crippen LogP contribution in [0.3, 0.4) is 0 Å². The quantitative estimate of drug-likeness (QED) is 0.475. The Labute approximate surface area is 176 Å². The minimum absolute atomic E-state index is 0.00110. The zero-order chi connectivity index (χ0) is 20.7. The molecule has 3 aromatic heterocycles. The molecule has 148 valence electrons. The third-order valence-corrected chi connectivity index (χ3v) is 5.47. The van der Waals surface area contributed by atoms with Gasteiger partial charge < -0.3 is 5.11 Å². The number of benzene rings is 1. The number of aromatic nitrogens is 4. The second kappa shape index (κ2) is 7.53. The second-order valence-corrected chi connectivity index (χ2v) is 7.34. The number of fused-ring (bicyclic) bond motifs is 3. The number of hydrogen-bond donors (Lipinski definition) is 2. The summed E-state index contributed by atoms with van der Waals surface area (Å²) in [6.07, 6.45) is 3.62. The summed E-state index contributed by atoms with van der Waals surface area (Å²) in [6, 6.07) is 8.06. The van der Waals surface area contributed by atoms with Gasteiger partial charge in [-0.05, 0) is 30.2 Å². The van der Waals surface area contributed by atoms with Crippen LogP contribution >= 0.6 is 24.2 Å². The lowest BCUT2D eigenvalue weighted by atomic mass is 10.0. The van der Waals surface area contributed by atoms with Crippen molar-refractivity contribution < 1.29 is 9.90 Å². The molecule has 0 spiro atoms. The Hall–Kier alpha value is -2.84. The predicted molar refractivity (Wildman–Crippen MR) is 115 cm³/mol. The average molecular weight is 429 g/mol. The van der Waals surface area contributed by atoms with Gasteiger partial charge in [-0.15, -0.1) is 0 Å². The number of rotatable bonds is 5. The topological polar surface area (TPSA) is 89.5 Å². The van der Waals surface area contributed by atoms with Crippen LogP contribution in [0.15, 0.2) is 47.5 Å². The van der Waals surface area contributed by atoms with Crippen molar-refractivity contribution in [3.8, 4) is 11.1 Å². The van der Waals surface area contributed by atoms with Crippen molar-refractivity contribution in [3.05, 3.63) is 63.8 Å². The van der Waals surface area contributed by atoms with Gasteiger partial charge in [0.05, 0.1) is 16.6 Å². The van der Waals surface area contributed by atoms with Gasteiger partial charge in [0.2, 0.25) is 0 Å². The number of carboxylic acid groups (broad SMARTS) is 1. The molecule has 0 unspecified atom stereocenters. The highest BCUT2D eigenvalue weighted by Crippen LogP contribution is 2.30. The molecule has 0 fully saturated rings. The van der Waals surface area contributed by atoms with E-state index in [2.05, 4.69) is 22.7 Å². The fraction of sp³-hybridized carbons (Fsp3) is 0.200. The van der Waals surface area contributed by atoms with Crippen LogP contribution in [0.1, 0.15) is 18.7 Å². The molecule has 0 aliphatic carbocycles. The number of nitrogens with zero attached hydrogens (tertiary/aromatic N) is 4. The first-order valence-electron chi connectivity index (χ1n) is 8.97. The number of pyridine rings is 1. The van der Waals surface area contributed by atoms with Gasteiger partial charge >= 0.3 is 5.97 Å². The maximum atomic E-state index is 12.9. The number of hydrogen-bond acceptors (Lipinski definition) is 5. The molecule has 3 heterocycles. The first-order chi connectivity index (χ1) is 14.0. The molecule has 9 heteroatoms. The molecule has 0 saturated heterocycles. The molecule has 0 aliphatic rings. The predicted octanol–water partition coefficient (Wildman–Crippen LogP) is 3.48. The van der Waals surface area contributed by atoms with Gasteiger partial charge in [-0.2, -0.15) is 17.7 Å². The van der Waals surface area contributed by atoms with Gasteiger partial charge in [-0.1, -0.05) is 30.7 Å². The van der Waals surface area contributed by atoms with E-state index in [1.165, 1.54) is 12.4 Å². The van der Waals surface area contributed by atoms with E-state index in [0.29, 0.717) is 28.0 Å². The highest BCUT2D eigenvalue weighted by molar-refractivity contribution is 7.80. The summed E-state index contributed by atoms with van der Waals surface area (Å²) < 4.78 is 2.80. The van der Waals surface area contributed by atoms with Crippen LogP contribution < -0.4 is 5.56 Å². The fourth-order valence-corrected chi connectivity index (χ4v) is 3.88. The molecule has 4 rings (SSSR count). The second-order valence-electron chi connectivity index (χ2n) is 6.54. The highest BCUT2D eigenvalue weighted by Gasteiger charge is 2.22. The van der Waals surface area contributed by atoms with Crippen molar-refractivity contribution in [2.45, 2.75) is 19.4 Å². The van der Waals surface area contributed by atoms with Crippen LogP contribution in [0.5, 0.6) is 0 Å². The molecular formula is C20H17ClN4O3S. The lowest BCUT2D eigenvalue weighted by Crippen LogP contribution is -2.31. The van der Waals surface area contributed by atoms with E-state index in [1.54, 1.807) is 10.6 Å². The maximum absolute atomic E-state index is 12.9. The van der Waals surface area contributed by atoms with Crippen LogP contribution in [0.4, 0.5) is 0 Å². The van der Waals surface area contributed by atoms with Crippen molar-refractivity contribution in [1.82, 2.24) is 19.2 Å². The van der Waals surface area contributed by atoms with Crippen LogP contribution in [0, 0.1) is 0 Å². The summed E-state index contributed by atoms with van der Waals surface area (Å²) >= 11 is 10.1. The van der Waals surface area contributed by atoms with E-state index in [-0.39, 0.29) is 5.75 Å². The van der Waals surface area contributed by atoms with E-state index in [4.69, 9.17) is 11.6 Å². The van der Waals surface area contributed by atoms with E-state index in [9.17, 15) is 14.7 Å². The summed E-state index contributed by atoms with van der Waals surface area (Å²) in [4.78, 5) is 28.9. The summed E-state index contributed by atoms with van der Waals surface area (Å²) in [6.45, 7) is 2.00. The zero-order valence-corrected chi connectivity index (χ0v) is 17.1. The fourth-order valence-electron chi connectivity index (χ4n) is 3.42. The van der Waals surface area contributed by atoms with Gasteiger partial charge in [0.25, 0.3) is 5.56 Å². The molecule has 1 N–H and O–H groups in total. The molecule has 7 nitrogen and oxygen atoms in total. The van der Waals surface area contributed by atoms with Crippen molar-refractivity contribution in [2.24, 2.45) is 0 Å². The largest absolute Gasteiger partial charge is 0.480 e. The molecule has 0 radical (unpaired) electrons. The molecule has 0 aliphatic heterocycles. The van der Waals surface area contributed by atoms with E-state index < -0.39 is 17.6 Å². The minimum atomic E-state index is -1.12. The van der Waals surface area contributed by atoms with Gasteiger partial charge in [-0.3, -0.25) is 9.36 Å². The molecule has 0 amide bonds. The van der Waals surface area contributed by atoms with E-state index in [1.807, 2.05) is 31.2 Å². The summed E-state index contributed by atoms with van der Waals surface area (Å²) in [5.74, 6) is -1.12. The number of aliphatic carboxylic acids is 1. The van der Waals surface area contributed by atoms with Gasteiger partial charge in [0.1, 0.15) is 6.04 Å². The number of aryl methyl sites for hydroxylation is 1. The average Bonchev–Trinajstić information content (AvgIpc) is 3.09. The molecule has 1 atom stereocenters. The Bertz CT molecular complexity index is 1300. The highest BCUT2D eigenvalue weighted by atomic mass is 35.5. The first kappa shape index (κ1) is 19.5. The third kappa shape index (κ3) is 3.18. The van der Waals surface area contributed by atoms with E-state index >= 15 is 0 Å².